The zero-order chi connectivity index (χ0) is 21.9. The van der Waals surface area contributed by atoms with Crippen molar-refractivity contribution in [1.29, 1.82) is 0 Å². The molecule has 0 aliphatic heterocycles. The van der Waals surface area contributed by atoms with Gasteiger partial charge >= 0.3 is 0 Å². The van der Waals surface area contributed by atoms with Gasteiger partial charge in [-0.15, -0.1) is 0 Å². The monoisotopic (exact) mass is 414 g/mol. The first-order valence-corrected chi connectivity index (χ1v) is 10.3. The second kappa shape index (κ2) is 6.81. The molecule has 0 amide bonds. The zero-order valence-corrected chi connectivity index (χ0v) is 17.3. The Morgan fingerprint density at radius 1 is 0.935 bits per heavy atom. The molecule has 0 aromatic heterocycles. The summed E-state index contributed by atoms with van der Waals surface area (Å²) >= 11 is 0. The van der Waals surface area contributed by atoms with Gasteiger partial charge in [0.05, 0.1) is 0 Å². The molecule has 0 N–H and O–H groups in total. The summed E-state index contributed by atoms with van der Waals surface area (Å²) in [6.07, 6.45) is 1.98. The van der Waals surface area contributed by atoms with Gasteiger partial charge < -0.3 is 0 Å². The molecule has 2 nitrogen and oxygen atoms in total. The maximum Gasteiger partial charge on any atom is 0.168 e. The first-order valence-electron chi connectivity index (χ1n) is 10.3. The molecule has 0 heterocycles. The average molecular weight is 414 g/mol. The molecule has 3 aromatic carbocycles. The first-order chi connectivity index (χ1) is 14.8. The standard InChI is InChI=1S/C27H20F2O2/c1-27(2)21(11-16-7-9-18(28)14-22(16)29)25-17(13-24(27)31)8-10-20-19-6-4-3-5-15(19)12-23(30)26(20)25/h3-10,13-14H,11-12H2,1-2H3. The van der Waals surface area contributed by atoms with Crippen molar-refractivity contribution in [3.63, 3.8) is 0 Å². The number of hydrogen-bond donors (Lipinski definition) is 0. The molecule has 0 saturated heterocycles. The van der Waals surface area contributed by atoms with Gasteiger partial charge in [-0.2, -0.15) is 0 Å². The Hall–Kier alpha value is -3.40. The van der Waals surface area contributed by atoms with E-state index in [-0.39, 0.29) is 24.4 Å². The largest absolute Gasteiger partial charge is 0.294 e. The molecule has 0 spiro atoms. The highest BCUT2D eigenvalue weighted by Gasteiger charge is 2.36. The maximum atomic E-state index is 14.5. The van der Waals surface area contributed by atoms with Crippen molar-refractivity contribution in [2.75, 3.05) is 0 Å². The lowest BCUT2D eigenvalue weighted by Crippen LogP contribution is -2.45. The van der Waals surface area contributed by atoms with Crippen LogP contribution in [0.25, 0.3) is 22.8 Å². The van der Waals surface area contributed by atoms with E-state index in [1.54, 1.807) is 19.9 Å². The smallest absolute Gasteiger partial charge is 0.168 e. The SMILES string of the molecule is CC1(C)C(=O)C=c2ccc3c(c2=C1Cc1ccc(F)cc1F)C(=O)Cc1ccccc1-3. The minimum Gasteiger partial charge on any atom is -0.294 e. The molecule has 3 aromatic rings. The minimum atomic E-state index is -0.916. The van der Waals surface area contributed by atoms with Crippen molar-refractivity contribution in [3.8, 4) is 11.1 Å². The van der Waals surface area contributed by atoms with Crippen LogP contribution >= 0.6 is 0 Å². The molecule has 0 radical (unpaired) electrons. The van der Waals surface area contributed by atoms with Crippen LogP contribution in [-0.2, 0) is 17.6 Å². The molecular formula is C27H20F2O2. The van der Waals surface area contributed by atoms with Crippen molar-refractivity contribution < 1.29 is 18.4 Å². The van der Waals surface area contributed by atoms with Crippen LogP contribution in [0.4, 0.5) is 8.78 Å². The highest BCUT2D eigenvalue weighted by Crippen LogP contribution is 2.36. The molecule has 2 aliphatic rings. The molecule has 0 unspecified atom stereocenters. The summed E-state index contributed by atoms with van der Waals surface area (Å²) in [7, 11) is 0. The van der Waals surface area contributed by atoms with E-state index in [1.165, 1.54) is 12.1 Å². The van der Waals surface area contributed by atoms with E-state index >= 15 is 0 Å². The van der Waals surface area contributed by atoms with Gasteiger partial charge in [-0.05, 0) is 70.7 Å². The van der Waals surface area contributed by atoms with Crippen LogP contribution < -0.4 is 10.4 Å². The second-order valence-electron chi connectivity index (χ2n) is 8.73. The molecule has 0 saturated carbocycles. The van der Waals surface area contributed by atoms with E-state index in [0.29, 0.717) is 27.1 Å². The Bertz CT molecular complexity index is 1410. The minimum absolute atomic E-state index is 0.0128. The van der Waals surface area contributed by atoms with E-state index in [1.807, 2.05) is 36.4 Å². The fourth-order valence-electron chi connectivity index (χ4n) is 4.72. The van der Waals surface area contributed by atoms with E-state index in [0.717, 1.165) is 22.8 Å². The van der Waals surface area contributed by atoms with Crippen LogP contribution in [0.3, 0.4) is 0 Å². The van der Waals surface area contributed by atoms with Gasteiger partial charge in [-0.1, -0.05) is 42.5 Å². The van der Waals surface area contributed by atoms with Crippen molar-refractivity contribution in [2.45, 2.75) is 26.7 Å². The summed E-state index contributed by atoms with van der Waals surface area (Å²) in [6.45, 7) is 3.60. The Morgan fingerprint density at radius 3 is 2.48 bits per heavy atom. The lowest BCUT2D eigenvalue weighted by molar-refractivity contribution is -0.118. The number of carbonyl (C=O) groups is 2. The Morgan fingerprint density at radius 2 is 1.71 bits per heavy atom. The highest BCUT2D eigenvalue weighted by molar-refractivity contribution is 6.16. The Balaban J connectivity index is 1.88. The summed E-state index contributed by atoms with van der Waals surface area (Å²) in [4.78, 5) is 26.2. The molecule has 0 bridgehead atoms. The zero-order valence-electron chi connectivity index (χ0n) is 17.3. The number of ketones is 2. The fourth-order valence-corrected chi connectivity index (χ4v) is 4.72. The molecule has 2 aliphatic carbocycles. The van der Waals surface area contributed by atoms with Gasteiger partial charge in [0.25, 0.3) is 0 Å². The number of Topliss-reactive ketones (excluding diaryl/α,β-unsaturated/α-hetero) is 2. The second-order valence-corrected chi connectivity index (χ2v) is 8.73. The summed E-state index contributed by atoms with van der Waals surface area (Å²) < 4.78 is 28.0. The van der Waals surface area contributed by atoms with Crippen molar-refractivity contribution in [2.24, 2.45) is 5.41 Å². The lowest BCUT2D eigenvalue weighted by Gasteiger charge is -2.31. The fraction of sp³-hybridized carbons (Fsp3) is 0.185. The third-order valence-electron chi connectivity index (χ3n) is 6.52. The molecule has 4 heteroatoms. The third kappa shape index (κ3) is 2.97. The van der Waals surface area contributed by atoms with Crippen LogP contribution in [0.15, 0.2) is 54.6 Å². The Kier molecular flexibility index (Phi) is 4.30. The normalized spacial score (nSPS) is 16.3. The molecular weight excluding hydrogens is 394 g/mol. The number of rotatable bonds is 2. The van der Waals surface area contributed by atoms with Crippen LogP contribution in [0.1, 0.15) is 35.3 Å². The summed E-state index contributed by atoms with van der Waals surface area (Å²) in [5.41, 5.74) is 3.46. The summed E-state index contributed by atoms with van der Waals surface area (Å²) in [5.74, 6) is -1.42. The van der Waals surface area contributed by atoms with Gasteiger partial charge in [0.15, 0.2) is 11.6 Å². The van der Waals surface area contributed by atoms with E-state index < -0.39 is 17.0 Å². The molecule has 0 atom stereocenters. The average Bonchev–Trinajstić information content (AvgIpc) is 2.72. The third-order valence-corrected chi connectivity index (χ3v) is 6.52. The molecule has 5 rings (SSSR count). The molecule has 31 heavy (non-hydrogen) atoms. The predicted octanol–water partition coefficient (Wildman–Crippen LogP) is 4.15. The Labute approximate surface area is 178 Å². The maximum absolute atomic E-state index is 14.5. The summed E-state index contributed by atoms with van der Waals surface area (Å²) in [5, 5.41) is 1.39. The number of fused-ring (bicyclic) bond motifs is 5. The van der Waals surface area contributed by atoms with Crippen LogP contribution in [0.5, 0.6) is 0 Å². The quantitative estimate of drug-likeness (QED) is 0.631. The van der Waals surface area contributed by atoms with E-state index in [9.17, 15) is 18.4 Å². The van der Waals surface area contributed by atoms with E-state index in [2.05, 4.69) is 0 Å². The van der Waals surface area contributed by atoms with Gasteiger partial charge in [0.2, 0.25) is 0 Å². The van der Waals surface area contributed by atoms with Crippen LogP contribution in [0, 0.1) is 17.0 Å². The van der Waals surface area contributed by atoms with Gasteiger partial charge in [0.1, 0.15) is 11.6 Å². The van der Waals surface area contributed by atoms with Gasteiger partial charge in [-0.3, -0.25) is 9.59 Å². The predicted molar refractivity (Wildman–Crippen MR) is 116 cm³/mol. The van der Waals surface area contributed by atoms with Crippen molar-refractivity contribution in [3.05, 3.63) is 93.4 Å². The van der Waals surface area contributed by atoms with Crippen molar-refractivity contribution >= 4 is 23.2 Å². The van der Waals surface area contributed by atoms with E-state index in [4.69, 9.17) is 0 Å². The number of benzene rings is 3. The van der Waals surface area contributed by atoms with Gasteiger partial charge in [0, 0.05) is 23.5 Å². The lowest BCUT2D eigenvalue weighted by atomic mass is 9.71. The van der Waals surface area contributed by atoms with Crippen LogP contribution in [-0.4, -0.2) is 11.6 Å². The highest BCUT2D eigenvalue weighted by atomic mass is 19.1. The number of hydrogen-bond acceptors (Lipinski definition) is 2. The van der Waals surface area contributed by atoms with Crippen LogP contribution in [0.2, 0.25) is 0 Å². The van der Waals surface area contributed by atoms with Gasteiger partial charge in [-0.25, -0.2) is 8.78 Å². The number of halogens is 2. The van der Waals surface area contributed by atoms with Crippen molar-refractivity contribution in [1.82, 2.24) is 0 Å². The topological polar surface area (TPSA) is 34.1 Å². The molecule has 154 valence electrons. The summed E-state index contributed by atoms with van der Waals surface area (Å²) in [6, 6.07) is 15.0. The first kappa shape index (κ1) is 19.6. The molecule has 0 fully saturated rings. The number of carbonyl (C=O) groups excluding carboxylic acids is 2.